The van der Waals surface area contributed by atoms with Crippen molar-refractivity contribution in [2.45, 2.75) is 0 Å². The van der Waals surface area contributed by atoms with E-state index < -0.39 is 5.97 Å². The van der Waals surface area contributed by atoms with Crippen molar-refractivity contribution in [2.24, 2.45) is 0 Å². The average Bonchev–Trinajstić information content (AvgIpc) is 2.39. The molecule has 1 N–H and O–H groups in total. The molecule has 0 saturated carbocycles. The Labute approximate surface area is 97.8 Å². The van der Waals surface area contributed by atoms with Crippen molar-refractivity contribution < 1.29 is 9.90 Å². The van der Waals surface area contributed by atoms with Crippen LogP contribution < -0.4 is 0 Å². The molecule has 1 aromatic heterocycles. The Morgan fingerprint density at radius 2 is 2.00 bits per heavy atom. The smallest absolute Gasteiger partial charge is 0.335 e. The molecule has 0 saturated heterocycles. The molecule has 0 fully saturated rings. The van der Waals surface area contributed by atoms with Gasteiger partial charge in [-0.1, -0.05) is 12.1 Å². The number of carboxylic acids is 1. The van der Waals surface area contributed by atoms with Gasteiger partial charge >= 0.3 is 5.97 Å². The minimum Gasteiger partial charge on any atom is -0.478 e. The fourth-order valence-corrected chi connectivity index (χ4v) is 1.50. The average molecular weight is 224 g/mol. The lowest BCUT2D eigenvalue weighted by molar-refractivity contribution is 0.0697. The maximum Gasteiger partial charge on any atom is 0.335 e. The highest BCUT2D eigenvalue weighted by Crippen LogP contribution is 2.20. The standard InChI is InChI=1S/C13H8N2O2/c14-8-12-7-10(4-5-15-12)9-2-1-3-11(6-9)13(16)17/h1-7H,(H,16,17). The Morgan fingerprint density at radius 3 is 2.71 bits per heavy atom. The van der Waals surface area contributed by atoms with Gasteiger partial charge in [-0.15, -0.1) is 0 Å². The molecule has 82 valence electrons. The number of aromatic nitrogens is 1. The molecule has 1 aromatic carbocycles. The zero-order chi connectivity index (χ0) is 12.3. The zero-order valence-electron chi connectivity index (χ0n) is 8.79. The Balaban J connectivity index is 2.49. The van der Waals surface area contributed by atoms with E-state index in [2.05, 4.69) is 4.98 Å². The predicted molar refractivity (Wildman–Crippen MR) is 61.3 cm³/mol. The first-order valence-electron chi connectivity index (χ1n) is 4.90. The molecule has 2 aromatic rings. The highest BCUT2D eigenvalue weighted by molar-refractivity contribution is 5.89. The molecule has 0 aliphatic carbocycles. The van der Waals surface area contributed by atoms with E-state index in [4.69, 9.17) is 10.4 Å². The first-order chi connectivity index (χ1) is 8.20. The van der Waals surface area contributed by atoms with Crippen molar-refractivity contribution in [2.75, 3.05) is 0 Å². The maximum absolute atomic E-state index is 10.8. The van der Waals surface area contributed by atoms with Gasteiger partial charge in [0.15, 0.2) is 0 Å². The second-order valence-electron chi connectivity index (χ2n) is 3.43. The van der Waals surface area contributed by atoms with Crippen LogP contribution in [0.1, 0.15) is 16.1 Å². The van der Waals surface area contributed by atoms with E-state index in [-0.39, 0.29) is 5.56 Å². The molecular weight excluding hydrogens is 216 g/mol. The number of nitrogens with zero attached hydrogens (tertiary/aromatic N) is 2. The van der Waals surface area contributed by atoms with Crippen LogP contribution in [0.15, 0.2) is 42.6 Å². The van der Waals surface area contributed by atoms with Crippen molar-refractivity contribution in [3.8, 4) is 17.2 Å². The van der Waals surface area contributed by atoms with Crippen LogP contribution in [0.2, 0.25) is 0 Å². The number of benzene rings is 1. The molecule has 1 heterocycles. The van der Waals surface area contributed by atoms with Gasteiger partial charge in [-0.25, -0.2) is 9.78 Å². The van der Waals surface area contributed by atoms with Gasteiger partial charge in [0.1, 0.15) is 11.8 Å². The predicted octanol–water partition coefficient (Wildman–Crippen LogP) is 2.32. The highest BCUT2D eigenvalue weighted by Gasteiger charge is 2.05. The van der Waals surface area contributed by atoms with Crippen LogP contribution >= 0.6 is 0 Å². The highest BCUT2D eigenvalue weighted by atomic mass is 16.4. The summed E-state index contributed by atoms with van der Waals surface area (Å²) in [5.74, 6) is -0.971. The van der Waals surface area contributed by atoms with Gasteiger partial charge in [-0.3, -0.25) is 0 Å². The summed E-state index contributed by atoms with van der Waals surface area (Å²) in [6, 6.07) is 11.9. The van der Waals surface area contributed by atoms with Crippen LogP contribution in [-0.4, -0.2) is 16.1 Å². The third-order valence-electron chi connectivity index (χ3n) is 2.32. The third-order valence-corrected chi connectivity index (χ3v) is 2.32. The monoisotopic (exact) mass is 224 g/mol. The van der Waals surface area contributed by atoms with Crippen molar-refractivity contribution in [1.29, 1.82) is 5.26 Å². The van der Waals surface area contributed by atoms with Crippen LogP contribution in [0.5, 0.6) is 0 Å². The number of nitriles is 1. The summed E-state index contributed by atoms with van der Waals surface area (Å²) >= 11 is 0. The van der Waals surface area contributed by atoms with E-state index in [0.29, 0.717) is 5.69 Å². The molecule has 0 amide bonds. The number of rotatable bonds is 2. The van der Waals surface area contributed by atoms with Crippen molar-refractivity contribution >= 4 is 5.97 Å². The molecular formula is C13H8N2O2. The van der Waals surface area contributed by atoms with E-state index in [9.17, 15) is 4.79 Å². The molecule has 0 bridgehead atoms. The molecule has 4 nitrogen and oxygen atoms in total. The molecule has 0 radical (unpaired) electrons. The van der Waals surface area contributed by atoms with Gasteiger partial charge < -0.3 is 5.11 Å². The molecule has 4 heteroatoms. The fourth-order valence-electron chi connectivity index (χ4n) is 1.50. The van der Waals surface area contributed by atoms with E-state index in [1.54, 1.807) is 30.3 Å². The first kappa shape index (κ1) is 10.8. The van der Waals surface area contributed by atoms with Crippen LogP contribution in [0.3, 0.4) is 0 Å². The Morgan fingerprint density at radius 1 is 1.24 bits per heavy atom. The van der Waals surface area contributed by atoms with E-state index in [0.717, 1.165) is 11.1 Å². The Hall–Kier alpha value is -2.67. The summed E-state index contributed by atoms with van der Waals surface area (Å²) in [5.41, 5.74) is 2.06. The molecule has 0 unspecified atom stereocenters. The van der Waals surface area contributed by atoms with Gasteiger partial charge in [0, 0.05) is 6.20 Å². The van der Waals surface area contributed by atoms with Crippen molar-refractivity contribution in [1.82, 2.24) is 4.98 Å². The van der Waals surface area contributed by atoms with E-state index in [1.165, 1.54) is 12.3 Å². The van der Waals surface area contributed by atoms with Crippen LogP contribution in [0.4, 0.5) is 0 Å². The largest absolute Gasteiger partial charge is 0.478 e. The fraction of sp³-hybridized carbons (Fsp3) is 0. The second kappa shape index (κ2) is 4.45. The minimum absolute atomic E-state index is 0.220. The normalized spacial score (nSPS) is 9.59. The number of hydrogen-bond donors (Lipinski definition) is 1. The Bertz CT molecular complexity index is 615. The molecule has 17 heavy (non-hydrogen) atoms. The second-order valence-corrected chi connectivity index (χ2v) is 3.43. The van der Waals surface area contributed by atoms with Crippen molar-refractivity contribution in [3.05, 3.63) is 53.9 Å². The number of carboxylic acid groups (broad SMARTS) is 1. The maximum atomic E-state index is 10.8. The number of hydrogen-bond acceptors (Lipinski definition) is 3. The summed E-state index contributed by atoms with van der Waals surface area (Å²) in [4.78, 5) is 14.7. The lowest BCUT2D eigenvalue weighted by Gasteiger charge is -2.02. The Kier molecular flexibility index (Phi) is 2.84. The summed E-state index contributed by atoms with van der Waals surface area (Å²) < 4.78 is 0. The number of pyridine rings is 1. The topological polar surface area (TPSA) is 74.0 Å². The van der Waals surface area contributed by atoms with Gasteiger partial charge in [0.25, 0.3) is 0 Å². The SMILES string of the molecule is N#Cc1cc(-c2cccc(C(=O)O)c2)ccn1. The van der Waals surface area contributed by atoms with Gasteiger partial charge in [-0.2, -0.15) is 5.26 Å². The van der Waals surface area contributed by atoms with Gasteiger partial charge in [-0.05, 0) is 35.4 Å². The van der Waals surface area contributed by atoms with Crippen LogP contribution in [0, 0.1) is 11.3 Å². The lowest BCUT2D eigenvalue weighted by atomic mass is 10.0. The van der Waals surface area contributed by atoms with Crippen LogP contribution in [-0.2, 0) is 0 Å². The van der Waals surface area contributed by atoms with Crippen molar-refractivity contribution in [3.63, 3.8) is 0 Å². The number of carbonyl (C=O) groups is 1. The molecule has 2 rings (SSSR count). The van der Waals surface area contributed by atoms with Gasteiger partial charge in [0.05, 0.1) is 5.56 Å². The van der Waals surface area contributed by atoms with Gasteiger partial charge in [0.2, 0.25) is 0 Å². The quantitative estimate of drug-likeness (QED) is 0.849. The lowest BCUT2D eigenvalue weighted by Crippen LogP contribution is -1.95. The summed E-state index contributed by atoms with van der Waals surface area (Å²) in [7, 11) is 0. The molecule has 0 spiro atoms. The summed E-state index contributed by atoms with van der Waals surface area (Å²) in [6.07, 6.45) is 1.53. The molecule has 0 atom stereocenters. The molecule has 0 aliphatic heterocycles. The summed E-state index contributed by atoms with van der Waals surface area (Å²) in [6.45, 7) is 0. The van der Waals surface area contributed by atoms with E-state index >= 15 is 0 Å². The third kappa shape index (κ3) is 2.29. The van der Waals surface area contributed by atoms with E-state index in [1.807, 2.05) is 6.07 Å². The first-order valence-corrected chi connectivity index (χ1v) is 4.90. The minimum atomic E-state index is -0.971. The number of aromatic carboxylic acids is 1. The van der Waals surface area contributed by atoms with Crippen LogP contribution in [0.25, 0.3) is 11.1 Å². The zero-order valence-corrected chi connectivity index (χ0v) is 8.79. The molecule has 0 aliphatic rings. The summed E-state index contributed by atoms with van der Waals surface area (Å²) in [5, 5.41) is 17.6.